The molecule has 1 aromatic carbocycles. The highest BCUT2D eigenvalue weighted by atomic mass is 16.5. The fourth-order valence-corrected chi connectivity index (χ4v) is 2.07. The van der Waals surface area contributed by atoms with Gasteiger partial charge in [0.25, 0.3) is 5.91 Å². The minimum atomic E-state index is -0.893. The van der Waals surface area contributed by atoms with Gasteiger partial charge in [0.15, 0.2) is 0 Å². The Bertz CT molecular complexity index is 505. The molecule has 21 heavy (non-hydrogen) atoms. The van der Waals surface area contributed by atoms with Crippen LogP contribution in [0, 0.1) is 11.3 Å². The number of carboxylic acids is 1. The number of ether oxygens (including phenoxy) is 1. The van der Waals surface area contributed by atoms with E-state index in [2.05, 4.69) is 5.32 Å². The Morgan fingerprint density at radius 1 is 1.33 bits per heavy atom. The van der Waals surface area contributed by atoms with Gasteiger partial charge in [-0.25, -0.2) is 0 Å². The largest absolute Gasteiger partial charge is 0.497 e. The SMILES string of the molecule is COc1cccc(C(=O)NCC(CC(C)(C)C)C(=O)O)c1. The van der Waals surface area contributed by atoms with Crippen LogP contribution in [0.5, 0.6) is 5.75 Å². The van der Waals surface area contributed by atoms with Crippen molar-refractivity contribution in [3.63, 3.8) is 0 Å². The Morgan fingerprint density at radius 3 is 2.52 bits per heavy atom. The number of carboxylic acid groups (broad SMARTS) is 1. The Labute approximate surface area is 125 Å². The molecular weight excluding hydrogens is 270 g/mol. The van der Waals surface area contributed by atoms with Crippen molar-refractivity contribution in [1.82, 2.24) is 5.32 Å². The Hall–Kier alpha value is -2.04. The molecule has 0 saturated heterocycles. The lowest BCUT2D eigenvalue weighted by molar-refractivity contribution is -0.142. The van der Waals surface area contributed by atoms with Gasteiger partial charge < -0.3 is 15.2 Å². The maximum Gasteiger partial charge on any atom is 0.308 e. The summed E-state index contributed by atoms with van der Waals surface area (Å²) in [6, 6.07) is 6.75. The summed E-state index contributed by atoms with van der Waals surface area (Å²) in [5.41, 5.74) is 0.346. The van der Waals surface area contributed by atoms with Crippen molar-refractivity contribution >= 4 is 11.9 Å². The van der Waals surface area contributed by atoms with Crippen LogP contribution in [0.4, 0.5) is 0 Å². The summed E-state index contributed by atoms with van der Waals surface area (Å²) in [6.07, 6.45) is 0.501. The summed E-state index contributed by atoms with van der Waals surface area (Å²) < 4.78 is 5.06. The molecule has 0 bridgehead atoms. The lowest BCUT2D eigenvalue weighted by Crippen LogP contribution is -2.35. The van der Waals surface area contributed by atoms with Crippen molar-refractivity contribution in [3.05, 3.63) is 29.8 Å². The molecule has 0 heterocycles. The molecule has 1 atom stereocenters. The zero-order valence-electron chi connectivity index (χ0n) is 13.0. The van der Waals surface area contributed by atoms with Crippen LogP contribution in [-0.2, 0) is 4.79 Å². The quantitative estimate of drug-likeness (QED) is 0.845. The van der Waals surface area contributed by atoms with Crippen molar-refractivity contribution in [2.75, 3.05) is 13.7 Å². The molecule has 0 saturated carbocycles. The molecule has 0 aliphatic heterocycles. The fraction of sp³-hybridized carbons (Fsp3) is 0.500. The monoisotopic (exact) mass is 293 g/mol. The first-order valence-electron chi connectivity index (χ1n) is 6.88. The molecule has 0 fully saturated rings. The van der Waals surface area contributed by atoms with E-state index in [-0.39, 0.29) is 17.9 Å². The van der Waals surface area contributed by atoms with Crippen molar-refractivity contribution in [1.29, 1.82) is 0 Å². The molecule has 1 unspecified atom stereocenters. The normalized spacial score (nSPS) is 12.6. The average Bonchev–Trinajstić information content (AvgIpc) is 2.41. The first kappa shape index (κ1) is 17.0. The van der Waals surface area contributed by atoms with E-state index >= 15 is 0 Å². The van der Waals surface area contributed by atoms with Gasteiger partial charge in [0.1, 0.15) is 5.75 Å². The van der Waals surface area contributed by atoms with Gasteiger partial charge in [-0.1, -0.05) is 26.8 Å². The van der Waals surface area contributed by atoms with Crippen LogP contribution in [0.15, 0.2) is 24.3 Å². The summed E-state index contributed by atoms with van der Waals surface area (Å²) >= 11 is 0. The van der Waals surface area contributed by atoms with E-state index < -0.39 is 11.9 Å². The molecule has 0 aliphatic carbocycles. The second-order valence-corrected chi connectivity index (χ2v) is 6.24. The van der Waals surface area contributed by atoms with Crippen LogP contribution < -0.4 is 10.1 Å². The number of amides is 1. The van der Waals surface area contributed by atoms with Crippen molar-refractivity contribution in [3.8, 4) is 5.75 Å². The number of aliphatic carboxylic acids is 1. The minimum Gasteiger partial charge on any atom is -0.497 e. The molecular formula is C16H23NO4. The van der Waals surface area contributed by atoms with Gasteiger partial charge >= 0.3 is 5.97 Å². The number of rotatable bonds is 6. The molecule has 1 aromatic rings. The van der Waals surface area contributed by atoms with Gasteiger partial charge in [-0.2, -0.15) is 0 Å². The third-order valence-corrected chi connectivity index (χ3v) is 3.05. The van der Waals surface area contributed by atoms with Crippen LogP contribution >= 0.6 is 0 Å². The van der Waals surface area contributed by atoms with Gasteiger partial charge in [0, 0.05) is 12.1 Å². The number of carbonyl (C=O) groups is 2. The number of nitrogens with one attached hydrogen (secondary N) is 1. The Morgan fingerprint density at radius 2 is 2.00 bits per heavy atom. The minimum absolute atomic E-state index is 0.107. The Kier molecular flexibility index (Phi) is 5.76. The molecule has 5 nitrogen and oxygen atoms in total. The molecule has 5 heteroatoms. The second-order valence-electron chi connectivity index (χ2n) is 6.24. The number of methoxy groups -OCH3 is 1. The smallest absolute Gasteiger partial charge is 0.308 e. The number of carbonyl (C=O) groups excluding carboxylic acids is 1. The van der Waals surface area contributed by atoms with Crippen molar-refractivity contribution in [2.24, 2.45) is 11.3 Å². The third kappa shape index (κ3) is 5.85. The zero-order valence-corrected chi connectivity index (χ0v) is 13.0. The van der Waals surface area contributed by atoms with Crippen molar-refractivity contribution in [2.45, 2.75) is 27.2 Å². The molecule has 2 N–H and O–H groups in total. The molecule has 0 aromatic heterocycles. The fourth-order valence-electron chi connectivity index (χ4n) is 2.07. The number of hydrogen-bond donors (Lipinski definition) is 2. The molecule has 1 amide bonds. The molecule has 0 spiro atoms. The van der Waals surface area contributed by atoms with Gasteiger partial charge in [-0.05, 0) is 30.0 Å². The Balaban J connectivity index is 2.66. The summed E-state index contributed by atoms with van der Waals surface area (Å²) in [5, 5.41) is 11.9. The standard InChI is InChI=1S/C16H23NO4/c1-16(2,3)9-12(15(19)20)10-17-14(18)11-6-5-7-13(8-11)21-4/h5-8,12H,9-10H2,1-4H3,(H,17,18)(H,19,20). The highest BCUT2D eigenvalue weighted by Crippen LogP contribution is 2.24. The van der Waals surface area contributed by atoms with Crippen molar-refractivity contribution < 1.29 is 19.4 Å². The lowest BCUT2D eigenvalue weighted by Gasteiger charge is -2.23. The number of hydrogen-bond acceptors (Lipinski definition) is 3. The summed E-state index contributed by atoms with van der Waals surface area (Å²) in [5.74, 6) is -1.20. The van der Waals surface area contributed by atoms with Crippen LogP contribution in [0.25, 0.3) is 0 Å². The maximum atomic E-state index is 12.0. The molecule has 116 valence electrons. The topological polar surface area (TPSA) is 75.6 Å². The summed E-state index contributed by atoms with van der Waals surface area (Å²) in [6.45, 7) is 6.05. The highest BCUT2D eigenvalue weighted by Gasteiger charge is 2.25. The van der Waals surface area contributed by atoms with Gasteiger partial charge in [-0.3, -0.25) is 9.59 Å². The summed E-state index contributed by atoms with van der Waals surface area (Å²) in [7, 11) is 1.53. The number of benzene rings is 1. The van der Waals surface area contributed by atoms with E-state index in [9.17, 15) is 14.7 Å². The van der Waals surface area contributed by atoms with Crippen LogP contribution in [-0.4, -0.2) is 30.6 Å². The predicted molar refractivity (Wildman–Crippen MR) is 80.5 cm³/mol. The van der Waals surface area contributed by atoms with E-state index in [4.69, 9.17) is 4.74 Å². The average molecular weight is 293 g/mol. The highest BCUT2D eigenvalue weighted by molar-refractivity contribution is 5.94. The lowest BCUT2D eigenvalue weighted by atomic mass is 9.84. The van der Waals surface area contributed by atoms with E-state index in [1.165, 1.54) is 7.11 Å². The van der Waals surface area contributed by atoms with E-state index in [1.54, 1.807) is 24.3 Å². The molecule has 0 radical (unpaired) electrons. The molecule has 0 aliphatic rings. The third-order valence-electron chi connectivity index (χ3n) is 3.05. The first-order valence-corrected chi connectivity index (χ1v) is 6.88. The van der Waals surface area contributed by atoms with E-state index in [0.29, 0.717) is 17.7 Å². The van der Waals surface area contributed by atoms with Crippen LogP contribution in [0.1, 0.15) is 37.6 Å². The predicted octanol–water partition coefficient (Wildman–Crippen LogP) is 2.56. The van der Waals surface area contributed by atoms with E-state index in [0.717, 1.165) is 0 Å². The summed E-state index contributed by atoms with van der Waals surface area (Å²) in [4.78, 5) is 23.3. The first-order chi connectivity index (χ1) is 9.73. The van der Waals surface area contributed by atoms with E-state index in [1.807, 2.05) is 20.8 Å². The van der Waals surface area contributed by atoms with Gasteiger partial charge in [0.2, 0.25) is 0 Å². The van der Waals surface area contributed by atoms with Gasteiger partial charge in [0.05, 0.1) is 13.0 Å². The molecule has 1 rings (SSSR count). The maximum absolute atomic E-state index is 12.0. The van der Waals surface area contributed by atoms with Crippen LogP contribution in [0.2, 0.25) is 0 Å². The second kappa shape index (κ2) is 7.11. The van der Waals surface area contributed by atoms with Gasteiger partial charge in [-0.15, -0.1) is 0 Å². The zero-order chi connectivity index (χ0) is 16.0. The van der Waals surface area contributed by atoms with Crippen LogP contribution in [0.3, 0.4) is 0 Å².